The maximum Gasteiger partial charge on any atom is 0.636 e. The number of carbonyl (C=O) groups is 2. The average Bonchev–Trinajstić information content (AvgIpc) is 3.11. The summed E-state index contributed by atoms with van der Waals surface area (Å²) in [4.78, 5) is 25.6. The lowest BCUT2D eigenvalue weighted by atomic mass is 9.78. The van der Waals surface area contributed by atoms with Gasteiger partial charge in [-0.05, 0) is 36.7 Å². The standard InChI is InChI=1S/C24H26BFN4O7S/c1-15(2)12-30(27-11-16-5-8-19(26)20(9-16)35-4)24-18-7-6-17(10-21(18)38(33,34)28-24)25-36-22(31)13-29(3)14-23(32)37-25/h5-11,15H,12-14H2,1-4H3/b27-11+. The zero-order valence-corrected chi connectivity index (χ0v) is 22.1. The van der Waals surface area contributed by atoms with Crippen molar-refractivity contribution in [1.82, 2.24) is 9.91 Å². The number of hydrogen-bond donors (Lipinski definition) is 0. The van der Waals surface area contributed by atoms with E-state index < -0.39 is 34.9 Å². The summed E-state index contributed by atoms with van der Waals surface area (Å²) in [6.07, 6.45) is 1.45. The molecule has 1 saturated heterocycles. The minimum atomic E-state index is -4.13. The van der Waals surface area contributed by atoms with Crippen LogP contribution in [0.25, 0.3) is 0 Å². The number of nitrogens with zero attached hydrogens (tertiary/aromatic N) is 4. The fourth-order valence-corrected chi connectivity index (χ4v) is 5.12. The van der Waals surface area contributed by atoms with E-state index in [1.165, 1.54) is 59.6 Å². The van der Waals surface area contributed by atoms with Gasteiger partial charge in [0.1, 0.15) is 4.90 Å². The minimum absolute atomic E-state index is 0.0466. The van der Waals surface area contributed by atoms with Crippen molar-refractivity contribution >= 4 is 46.6 Å². The van der Waals surface area contributed by atoms with Crippen LogP contribution in [0.3, 0.4) is 0 Å². The molecule has 0 bridgehead atoms. The van der Waals surface area contributed by atoms with E-state index in [0.29, 0.717) is 12.1 Å². The maximum atomic E-state index is 13.8. The Kier molecular flexibility index (Phi) is 7.83. The Morgan fingerprint density at radius 2 is 1.87 bits per heavy atom. The number of methoxy groups -OCH3 is 1. The second-order valence-electron chi connectivity index (χ2n) is 9.24. The highest BCUT2D eigenvalue weighted by Crippen LogP contribution is 2.28. The quantitative estimate of drug-likeness (QED) is 0.297. The highest BCUT2D eigenvalue weighted by molar-refractivity contribution is 7.90. The number of halogens is 1. The molecule has 0 atom stereocenters. The van der Waals surface area contributed by atoms with Crippen molar-refractivity contribution in [3.8, 4) is 5.75 Å². The molecule has 200 valence electrons. The number of hydrogen-bond acceptors (Lipinski definition) is 10. The lowest BCUT2D eigenvalue weighted by Crippen LogP contribution is -2.48. The van der Waals surface area contributed by atoms with Crippen LogP contribution in [-0.2, 0) is 28.9 Å². The lowest BCUT2D eigenvalue weighted by molar-refractivity contribution is -0.145. The van der Waals surface area contributed by atoms with Crippen LogP contribution in [0.5, 0.6) is 5.75 Å². The van der Waals surface area contributed by atoms with Crippen molar-refractivity contribution in [2.75, 3.05) is 33.8 Å². The van der Waals surface area contributed by atoms with Crippen LogP contribution in [0.2, 0.25) is 0 Å². The Hall–Kier alpha value is -3.78. The first kappa shape index (κ1) is 27.3. The fraction of sp³-hybridized carbons (Fsp3) is 0.333. The Bertz CT molecular complexity index is 1410. The van der Waals surface area contributed by atoms with Gasteiger partial charge in [0.05, 0.1) is 26.4 Å². The van der Waals surface area contributed by atoms with Crippen LogP contribution in [0, 0.1) is 11.7 Å². The van der Waals surface area contributed by atoms with Crippen molar-refractivity contribution in [2.45, 2.75) is 18.7 Å². The molecule has 2 heterocycles. The highest BCUT2D eigenvalue weighted by atomic mass is 32.2. The fourth-order valence-electron chi connectivity index (χ4n) is 3.88. The SMILES string of the molecule is COc1cc(/C=N/N(CC(C)C)C2=NS(=O)(=O)c3cc(B4OC(=O)CN(C)CC(=O)O4)ccc32)ccc1F. The summed E-state index contributed by atoms with van der Waals surface area (Å²) in [6, 6.07) is 8.51. The molecule has 2 aromatic rings. The number of carbonyl (C=O) groups excluding carboxylic acids is 2. The third-order valence-electron chi connectivity index (χ3n) is 5.58. The topological polar surface area (TPSA) is 127 Å². The van der Waals surface area contributed by atoms with Gasteiger partial charge >= 0.3 is 19.1 Å². The van der Waals surface area contributed by atoms with E-state index in [1.54, 1.807) is 7.05 Å². The molecular formula is C24H26BFN4O7S. The molecule has 0 saturated carbocycles. The normalized spacial score (nSPS) is 17.5. The van der Waals surface area contributed by atoms with E-state index in [1.807, 2.05) is 13.8 Å². The van der Waals surface area contributed by atoms with Gasteiger partial charge in [-0.2, -0.15) is 13.5 Å². The molecule has 4 rings (SSSR count). The zero-order valence-electron chi connectivity index (χ0n) is 21.3. The second kappa shape index (κ2) is 10.9. The number of hydrazone groups is 1. The van der Waals surface area contributed by atoms with Crippen LogP contribution in [0.1, 0.15) is 25.0 Å². The number of likely N-dealkylation sites (N-methyl/N-ethyl adjacent to an activating group) is 1. The van der Waals surface area contributed by atoms with Crippen molar-refractivity contribution in [1.29, 1.82) is 0 Å². The van der Waals surface area contributed by atoms with Crippen molar-refractivity contribution in [3.63, 3.8) is 0 Å². The molecule has 0 aromatic heterocycles. The third-order valence-corrected chi connectivity index (χ3v) is 6.89. The summed E-state index contributed by atoms with van der Waals surface area (Å²) in [5.74, 6) is -1.55. The number of rotatable bonds is 6. The third kappa shape index (κ3) is 6.02. The smallest absolute Gasteiger partial charge is 0.494 e. The monoisotopic (exact) mass is 544 g/mol. The molecular weight excluding hydrogens is 518 g/mol. The van der Waals surface area contributed by atoms with Gasteiger partial charge < -0.3 is 14.0 Å². The second-order valence-corrected chi connectivity index (χ2v) is 10.8. The van der Waals surface area contributed by atoms with Crippen LogP contribution < -0.4 is 10.2 Å². The number of benzene rings is 2. The van der Waals surface area contributed by atoms with Gasteiger partial charge in [-0.25, -0.2) is 9.40 Å². The first-order valence-corrected chi connectivity index (χ1v) is 13.1. The molecule has 0 unspecified atom stereocenters. The summed E-state index contributed by atoms with van der Waals surface area (Å²) in [5, 5.41) is 5.89. The molecule has 14 heteroatoms. The van der Waals surface area contributed by atoms with Crippen molar-refractivity contribution in [3.05, 3.63) is 53.3 Å². The van der Waals surface area contributed by atoms with E-state index in [2.05, 4.69) is 9.50 Å². The van der Waals surface area contributed by atoms with E-state index in [0.717, 1.165) is 0 Å². The predicted molar refractivity (Wildman–Crippen MR) is 137 cm³/mol. The van der Waals surface area contributed by atoms with E-state index >= 15 is 0 Å². The Labute approximate surface area is 220 Å². The summed E-state index contributed by atoms with van der Waals surface area (Å²) in [6.45, 7) is 3.96. The number of fused-ring (bicyclic) bond motifs is 1. The molecule has 0 spiro atoms. The summed E-state index contributed by atoms with van der Waals surface area (Å²) in [5.41, 5.74) is 0.992. The van der Waals surface area contributed by atoms with E-state index in [9.17, 15) is 22.4 Å². The summed E-state index contributed by atoms with van der Waals surface area (Å²) >= 11 is 0. The number of amidine groups is 1. The highest BCUT2D eigenvalue weighted by Gasteiger charge is 2.38. The number of sulfonamides is 1. The van der Waals surface area contributed by atoms with Gasteiger partial charge in [-0.1, -0.05) is 32.0 Å². The molecule has 0 aliphatic carbocycles. The predicted octanol–water partition coefficient (Wildman–Crippen LogP) is 1.00. The molecule has 0 amide bonds. The minimum Gasteiger partial charge on any atom is -0.494 e. The van der Waals surface area contributed by atoms with Gasteiger partial charge in [0.2, 0.25) is 0 Å². The van der Waals surface area contributed by atoms with E-state index in [4.69, 9.17) is 14.0 Å². The molecule has 2 aromatic carbocycles. The Balaban J connectivity index is 1.67. The molecule has 1 fully saturated rings. The summed E-state index contributed by atoms with van der Waals surface area (Å²) in [7, 11) is -2.61. The maximum absolute atomic E-state index is 13.8. The first-order chi connectivity index (χ1) is 18.0. The van der Waals surface area contributed by atoms with Crippen LogP contribution in [-0.4, -0.2) is 83.2 Å². The van der Waals surface area contributed by atoms with Crippen LogP contribution in [0.15, 0.2) is 50.8 Å². The lowest BCUT2D eigenvalue weighted by Gasteiger charge is -2.23. The molecule has 38 heavy (non-hydrogen) atoms. The average molecular weight is 544 g/mol. The molecule has 0 radical (unpaired) electrons. The first-order valence-electron chi connectivity index (χ1n) is 11.7. The van der Waals surface area contributed by atoms with Crippen molar-refractivity contribution < 1.29 is 36.4 Å². The van der Waals surface area contributed by atoms with Gasteiger partial charge in [-0.3, -0.25) is 14.5 Å². The molecule has 11 nitrogen and oxygen atoms in total. The summed E-state index contributed by atoms with van der Waals surface area (Å²) < 4.78 is 59.3. The zero-order chi connectivity index (χ0) is 27.6. The van der Waals surface area contributed by atoms with Crippen molar-refractivity contribution in [2.24, 2.45) is 15.4 Å². The van der Waals surface area contributed by atoms with Crippen LogP contribution in [0.4, 0.5) is 4.39 Å². The van der Waals surface area contributed by atoms with Gasteiger partial charge in [0, 0.05) is 17.6 Å². The van der Waals surface area contributed by atoms with Gasteiger partial charge in [0.25, 0.3) is 10.0 Å². The van der Waals surface area contributed by atoms with E-state index in [-0.39, 0.29) is 46.5 Å². The Morgan fingerprint density at radius 1 is 1.18 bits per heavy atom. The van der Waals surface area contributed by atoms with Crippen LogP contribution >= 0.6 is 0 Å². The Morgan fingerprint density at radius 3 is 2.50 bits per heavy atom. The largest absolute Gasteiger partial charge is 0.636 e. The number of ether oxygens (including phenoxy) is 1. The molecule has 2 aliphatic heterocycles. The molecule has 2 aliphatic rings. The van der Waals surface area contributed by atoms with Gasteiger partial charge in [-0.15, -0.1) is 4.40 Å². The molecule has 0 N–H and O–H groups in total. The van der Waals surface area contributed by atoms with Gasteiger partial charge in [0.15, 0.2) is 17.4 Å².